The molecule has 0 unspecified atom stereocenters. The van der Waals surface area contributed by atoms with Gasteiger partial charge < -0.3 is 0 Å². The highest BCUT2D eigenvalue weighted by molar-refractivity contribution is 6.18. The van der Waals surface area contributed by atoms with Crippen molar-refractivity contribution in [3.05, 3.63) is 103 Å². The van der Waals surface area contributed by atoms with Crippen molar-refractivity contribution in [2.75, 3.05) is 4.90 Å². The highest BCUT2D eigenvalue weighted by Crippen LogP contribution is 2.50. The number of hydrogen-bond acceptors (Lipinski definition) is 3. The monoisotopic (exact) mass is 371 g/mol. The van der Waals surface area contributed by atoms with E-state index < -0.39 is 0 Å². The third-order valence-corrected chi connectivity index (χ3v) is 5.52. The molecule has 3 aromatic carbocycles. The molecule has 3 heteroatoms. The lowest BCUT2D eigenvalue weighted by Crippen LogP contribution is -2.13. The quantitative estimate of drug-likeness (QED) is 0.345. The molecular formula is C26H17N3. The average molecular weight is 371 g/mol. The smallest absolute Gasteiger partial charge is 0.138 e. The molecule has 0 spiro atoms. The van der Waals surface area contributed by atoms with Crippen LogP contribution in [0.4, 0.5) is 17.3 Å². The molecule has 0 bridgehead atoms. The minimum absolute atomic E-state index is 0.849. The van der Waals surface area contributed by atoms with Crippen molar-refractivity contribution in [3.8, 4) is 22.3 Å². The zero-order chi connectivity index (χ0) is 19.2. The predicted molar refractivity (Wildman–Crippen MR) is 119 cm³/mol. The number of nitrogens with zero attached hydrogens (tertiary/aromatic N) is 3. The average Bonchev–Trinajstić information content (AvgIpc) is 3.13. The van der Waals surface area contributed by atoms with E-state index in [4.69, 9.17) is 0 Å². The maximum Gasteiger partial charge on any atom is 0.138 e. The lowest BCUT2D eigenvalue weighted by molar-refractivity contribution is 1.13. The van der Waals surface area contributed by atoms with Crippen LogP contribution in [0.15, 0.2) is 103 Å². The topological polar surface area (TPSA) is 29.0 Å². The van der Waals surface area contributed by atoms with E-state index in [0.717, 1.165) is 17.3 Å². The fourth-order valence-electron chi connectivity index (χ4n) is 4.32. The summed E-state index contributed by atoms with van der Waals surface area (Å²) in [7, 11) is 0. The molecule has 0 saturated heterocycles. The van der Waals surface area contributed by atoms with E-state index in [1.165, 1.54) is 33.0 Å². The van der Waals surface area contributed by atoms with Crippen LogP contribution in [-0.2, 0) is 0 Å². The number of hydrogen-bond donors (Lipinski definition) is 0. The molecule has 0 N–H and O–H groups in total. The minimum atomic E-state index is 0.849. The van der Waals surface area contributed by atoms with Gasteiger partial charge in [-0.05, 0) is 58.0 Å². The summed E-state index contributed by atoms with van der Waals surface area (Å²) in [4.78, 5) is 11.4. The van der Waals surface area contributed by atoms with Crippen molar-refractivity contribution >= 4 is 28.1 Å². The van der Waals surface area contributed by atoms with Gasteiger partial charge in [0.15, 0.2) is 0 Å². The highest BCUT2D eigenvalue weighted by atomic mass is 15.2. The van der Waals surface area contributed by atoms with Crippen LogP contribution in [-0.4, -0.2) is 9.97 Å². The Labute approximate surface area is 168 Å². The van der Waals surface area contributed by atoms with E-state index in [2.05, 4.69) is 69.5 Å². The van der Waals surface area contributed by atoms with Crippen LogP contribution in [0, 0.1) is 0 Å². The molecule has 6 rings (SSSR count). The van der Waals surface area contributed by atoms with E-state index >= 15 is 0 Å². The van der Waals surface area contributed by atoms with Gasteiger partial charge in [0.2, 0.25) is 0 Å². The second-order valence-corrected chi connectivity index (χ2v) is 7.12. The third kappa shape index (κ3) is 2.38. The first-order valence-electron chi connectivity index (χ1n) is 9.69. The Bertz CT molecular complexity index is 1280. The van der Waals surface area contributed by atoms with Crippen LogP contribution < -0.4 is 4.90 Å². The van der Waals surface area contributed by atoms with Gasteiger partial charge >= 0.3 is 0 Å². The summed E-state index contributed by atoms with van der Waals surface area (Å²) >= 11 is 0. The molecule has 0 saturated carbocycles. The summed E-state index contributed by atoms with van der Waals surface area (Å²) in [6.07, 6.45) is 3.64. The molecular weight excluding hydrogens is 354 g/mol. The first-order valence-corrected chi connectivity index (χ1v) is 9.69. The van der Waals surface area contributed by atoms with Crippen molar-refractivity contribution in [1.29, 1.82) is 0 Å². The predicted octanol–water partition coefficient (Wildman–Crippen LogP) is 6.75. The summed E-state index contributed by atoms with van der Waals surface area (Å²) in [6.45, 7) is 0. The normalized spacial score (nSPS) is 11.4. The summed E-state index contributed by atoms with van der Waals surface area (Å²) in [6, 6.07) is 31.5. The summed E-state index contributed by atoms with van der Waals surface area (Å²) in [5, 5.41) is 2.50. The van der Waals surface area contributed by atoms with Gasteiger partial charge in [0.25, 0.3) is 0 Å². The lowest BCUT2D eigenvalue weighted by atomic mass is 10.0. The Balaban J connectivity index is 1.67. The second-order valence-electron chi connectivity index (χ2n) is 7.12. The first-order chi connectivity index (χ1) is 14.4. The van der Waals surface area contributed by atoms with Gasteiger partial charge in [-0.3, -0.25) is 4.90 Å². The van der Waals surface area contributed by atoms with Crippen molar-refractivity contribution in [2.45, 2.75) is 0 Å². The largest absolute Gasteiger partial charge is 0.278 e. The first kappa shape index (κ1) is 16.0. The van der Waals surface area contributed by atoms with Crippen molar-refractivity contribution in [3.63, 3.8) is 0 Å². The Morgan fingerprint density at radius 2 is 1.07 bits per heavy atom. The van der Waals surface area contributed by atoms with Crippen molar-refractivity contribution < 1.29 is 0 Å². The van der Waals surface area contributed by atoms with Gasteiger partial charge in [-0.1, -0.05) is 60.7 Å². The van der Waals surface area contributed by atoms with Crippen LogP contribution in [0.5, 0.6) is 0 Å². The SMILES string of the molecule is c1ccc(N(c2ccccn2)c2ccc3c4c(cccc24)-c2ccccc2-3)nc1. The van der Waals surface area contributed by atoms with E-state index in [-0.39, 0.29) is 0 Å². The molecule has 0 fully saturated rings. The molecule has 2 heterocycles. The van der Waals surface area contributed by atoms with Gasteiger partial charge in [-0.25, -0.2) is 9.97 Å². The maximum absolute atomic E-state index is 4.62. The molecule has 5 aromatic rings. The van der Waals surface area contributed by atoms with Gasteiger partial charge in [-0.15, -0.1) is 0 Å². The molecule has 0 radical (unpaired) electrons. The molecule has 1 aliphatic rings. The second kappa shape index (κ2) is 6.28. The van der Waals surface area contributed by atoms with Crippen LogP contribution in [0.2, 0.25) is 0 Å². The fraction of sp³-hybridized carbons (Fsp3) is 0. The standard InChI is InChI=1S/C26H17N3/c1-2-9-19-18(8-1)20-10-7-11-22-23(15-14-21(19)26(20)22)29(24-12-3-5-16-27-24)25-13-4-6-17-28-25/h1-17H. The molecule has 1 aliphatic carbocycles. The third-order valence-electron chi connectivity index (χ3n) is 5.52. The molecule has 29 heavy (non-hydrogen) atoms. The van der Waals surface area contributed by atoms with Crippen molar-refractivity contribution in [2.24, 2.45) is 0 Å². The van der Waals surface area contributed by atoms with E-state index in [9.17, 15) is 0 Å². The van der Waals surface area contributed by atoms with Gasteiger partial charge in [0, 0.05) is 17.8 Å². The van der Waals surface area contributed by atoms with E-state index in [0.29, 0.717) is 0 Å². The van der Waals surface area contributed by atoms with Gasteiger partial charge in [0.1, 0.15) is 11.6 Å². The number of anilines is 3. The van der Waals surface area contributed by atoms with Crippen LogP contribution >= 0.6 is 0 Å². The van der Waals surface area contributed by atoms with Crippen molar-refractivity contribution in [1.82, 2.24) is 9.97 Å². The maximum atomic E-state index is 4.62. The van der Waals surface area contributed by atoms with Crippen LogP contribution in [0.3, 0.4) is 0 Å². The number of fused-ring (bicyclic) bond motifs is 3. The Morgan fingerprint density at radius 3 is 1.69 bits per heavy atom. The summed E-state index contributed by atoms with van der Waals surface area (Å²) < 4.78 is 0. The summed E-state index contributed by atoms with van der Waals surface area (Å²) in [5.74, 6) is 1.70. The number of benzene rings is 3. The molecule has 136 valence electrons. The fourth-order valence-corrected chi connectivity index (χ4v) is 4.32. The molecule has 0 amide bonds. The lowest BCUT2D eigenvalue weighted by Gasteiger charge is -2.24. The Kier molecular flexibility index (Phi) is 3.47. The Hall–Kier alpha value is -3.98. The Morgan fingerprint density at radius 1 is 0.483 bits per heavy atom. The zero-order valence-corrected chi connectivity index (χ0v) is 15.7. The van der Waals surface area contributed by atoms with Gasteiger partial charge in [-0.2, -0.15) is 0 Å². The number of rotatable bonds is 3. The summed E-state index contributed by atoms with van der Waals surface area (Å²) in [5.41, 5.74) is 6.25. The molecule has 0 atom stereocenters. The number of pyridine rings is 2. The zero-order valence-electron chi connectivity index (χ0n) is 15.7. The number of aromatic nitrogens is 2. The molecule has 3 nitrogen and oxygen atoms in total. The van der Waals surface area contributed by atoms with E-state index in [1.54, 1.807) is 0 Å². The van der Waals surface area contributed by atoms with E-state index in [1.807, 2.05) is 48.8 Å². The van der Waals surface area contributed by atoms with Crippen LogP contribution in [0.1, 0.15) is 0 Å². The molecule has 2 aromatic heterocycles. The van der Waals surface area contributed by atoms with Crippen LogP contribution in [0.25, 0.3) is 33.0 Å². The molecule has 0 aliphatic heterocycles. The van der Waals surface area contributed by atoms with Gasteiger partial charge in [0.05, 0.1) is 5.69 Å². The minimum Gasteiger partial charge on any atom is -0.278 e. The highest BCUT2D eigenvalue weighted by Gasteiger charge is 2.24.